The van der Waals surface area contributed by atoms with Crippen molar-refractivity contribution in [3.05, 3.63) is 12.7 Å². The summed E-state index contributed by atoms with van der Waals surface area (Å²) in [6, 6.07) is 0. The molecule has 2 nitrogen and oxygen atoms in total. The zero-order chi connectivity index (χ0) is 10.2. The van der Waals surface area contributed by atoms with Crippen molar-refractivity contribution >= 4 is 0 Å². The number of ether oxygens (including phenoxy) is 1. The van der Waals surface area contributed by atoms with E-state index in [2.05, 4.69) is 18.8 Å². The molecule has 0 radical (unpaired) electrons. The summed E-state index contributed by atoms with van der Waals surface area (Å²) in [6.45, 7) is 8.55. The fourth-order valence-electron chi connectivity index (χ4n) is 1.92. The molecule has 0 spiro atoms. The van der Waals surface area contributed by atoms with Gasteiger partial charge in [-0.25, -0.2) is 0 Å². The molecule has 0 aromatic carbocycles. The summed E-state index contributed by atoms with van der Waals surface area (Å²) in [7, 11) is 0. The Hall–Kier alpha value is -0.340. The minimum atomic E-state index is 0.329. The zero-order valence-electron chi connectivity index (χ0n) is 9.30. The maximum absolute atomic E-state index is 5.78. The fourth-order valence-corrected chi connectivity index (χ4v) is 1.92. The lowest BCUT2D eigenvalue weighted by atomic mass is 10.1. The quantitative estimate of drug-likeness (QED) is 0.500. The van der Waals surface area contributed by atoms with Crippen molar-refractivity contribution in [3.63, 3.8) is 0 Å². The van der Waals surface area contributed by atoms with Crippen molar-refractivity contribution in [3.8, 4) is 0 Å². The van der Waals surface area contributed by atoms with Crippen LogP contribution in [0.3, 0.4) is 0 Å². The topological polar surface area (TPSA) is 21.3 Å². The second-order valence-electron chi connectivity index (χ2n) is 4.24. The van der Waals surface area contributed by atoms with E-state index < -0.39 is 0 Å². The van der Waals surface area contributed by atoms with Crippen molar-refractivity contribution in [2.45, 2.75) is 38.7 Å². The summed E-state index contributed by atoms with van der Waals surface area (Å²) in [5.74, 6) is 0.830. The maximum atomic E-state index is 5.78. The highest BCUT2D eigenvalue weighted by atomic mass is 16.5. The average Bonchev–Trinajstić information content (AvgIpc) is 2.68. The predicted octanol–water partition coefficient (Wildman–Crippen LogP) is 2.36. The molecule has 0 heterocycles. The Labute approximate surface area is 87.7 Å². The second kappa shape index (κ2) is 7.02. The van der Waals surface area contributed by atoms with Gasteiger partial charge in [0.25, 0.3) is 0 Å². The van der Waals surface area contributed by atoms with Crippen LogP contribution in [0.1, 0.15) is 32.6 Å². The normalized spacial score (nSPS) is 19.8. The predicted molar refractivity (Wildman–Crippen MR) is 60.4 cm³/mol. The molecule has 0 bridgehead atoms. The van der Waals surface area contributed by atoms with Gasteiger partial charge in [0.1, 0.15) is 0 Å². The Morgan fingerprint density at radius 3 is 2.86 bits per heavy atom. The van der Waals surface area contributed by atoms with Crippen molar-refractivity contribution in [1.29, 1.82) is 0 Å². The Morgan fingerprint density at radius 1 is 1.50 bits per heavy atom. The van der Waals surface area contributed by atoms with E-state index in [0.717, 1.165) is 25.6 Å². The standard InChI is InChI=1S/C12H23NO/c1-3-8-13-9-11(2)14-10-12-6-4-5-7-12/h3,11-13H,1,4-10H2,2H3. The van der Waals surface area contributed by atoms with Gasteiger partial charge in [0, 0.05) is 19.7 Å². The molecular weight excluding hydrogens is 174 g/mol. The first-order valence-corrected chi connectivity index (χ1v) is 5.76. The van der Waals surface area contributed by atoms with Crippen LogP contribution in [-0.4, -0.2) is 25.8 Å². The Bertz CT molecular complexity index is 152. The van der Waals surface area contributed by atoms with E-state index in [4.69, 9.17) is 4.74 Å². The van der Waals surface area contributed by atoms with E-state index >= 15 is 0 Å². The van der Waals surface area contributed by atoms with Crippen LogP contribution in [0.25, 0.3) is 0 Å². The van der Waals surface area contributed by atoms with Crippen LogP contribution in [0.15, 0.2) is 12.7 Å². The van der Waals surface area contributed by atoms with E-state index in [-0.39, 0.29) is 0 Å². The summed E-state index contributed by atoms with van der Waals surface area (Å²) in [5, 5.41) is 3.27. The van der Waals surface area contributed by atoms with Crippen molar-refractivity contribution < 1.29 is 4.74 Å². The molecule has 0 saturated heterocycles. The molecule has 1 atom stereocenters. The van der Waals surface area contributed by atoms with Crippen LogP contribution in [0.5, 0.6) is 0 Å². The van der Waals surface area contributed by atoms with Crippen LogP contribution in [0, 0.1) is 5.92 Å². The first-order valence-electron chi connectivity index (χ1n) is 5.76. The molecule has 0 aromatic rings. The number of rotatable bonds is 7. The monoisotopic (exact) mass is 197 g/mol. The van der Waals surface area contributed by atoms with Gasteiger partial charge >= 0.3 is 0 Å². The first kappa shape index (κ1) is 11.7. The molecule has 1 rings (SSSR count). The molecule has 14 heavy (non-hydrogen) atoms. The van der Waals surface area contributed by atoms with Gasteiger partial charge in [-0.15, -0.1) is 6.58 Å². The summed E-state index contributed by atoms with van der Waals surface area (Å²) in [6.07, 6.45) is 7.74. The highest BCUT2D eigenvalue weighted by molar-refractivity contribution is 4.71. The molecule has 1 N–H and O–H groups in total. The summed E-state index contributed by atoms with van der Waals surface area (Å²) in [4.78, 5) is 0. The van der Waals surface area contributed by atoms with Gasteiger partial charge in [0.15, 0.2) is 0 Å². The Morgan fingerprint density at radius 2 is 2.21 bits per heavy atom. The van der Waals surface area contributed by atoms with Crippen molar-refractivity contribution in [2.75, 3.05) is 19.7 Å². The summed E-state index contributed by atoms with van der Waals surface area (Å²) >= 11 is 0. The highest BCUT2D eigenvalue weighted by Crippen LogP contribution is 2.24. The third-order valence-corrected chi connectivity index (χ3v) is 2.81. The Kier molecular flexibility index (Phi) is 5.88. The van der Waals surface area contributed by atoms with Gasteiger partial charge < -0.3 is 10.1 Å². The maximum Gasteiger partial charge on any atom is 0.0671 e. The Balaban J connectivity index is 1.96. The lowest BCUT2D eigenvalue weighted by Gasteiger charge is -2.16. The summed E-state index contributed by atoms with van der Waals surface area (Å²) < 4.78 is 5.78. The van der Waals surface area contributed by atoms with Gasteiger partial charge in [-0.2, -0.15) is 0 Å². The van der Waals surface area contributed by atoms with E-state index in [1.807, 2.05) is 6.08 Å². The molecule has 0 amide bonds. The molecular formula is C12H23NO. The minimum absolute atomic E-state index is 0.329. The molecule has 82 valence electrons. The number of hydrogen-bond acceptors (Lipinski definition) is 2. The smallest absolute Gasteiger partial charge is 0.0671 e. The van der Waals surface area contributed by atoms with E-state index in [1.165, 1.54) is 25.7 Å². The molecule has 0 aromatic heterocycles. The van der Waals surface area contributed by atoms with Gasteiger partial charge in [-0.1, -0.05) is 18.9 Å². The number of hydrogen-bond donors (Lipinski definition) is 1. The van der Waals surface area contributed by atoms with Gasteiger partial charge in [-0.05, 0) is 25.7 Å². The van der Waals surface area contributed by atoms with Crippen LogP contribution in [-0.2, 0) is 4.74 Å². The van der Waals surface area contributed by atoms with E-state index in [9.17, 15) is 0 Å². The van der Waals surface area contributed by atoms with Gasteiger partial charge in [0.2, 0.25) is 0 Å². The average molecular weight is 197 g/mol. The molecule has 1 fully saturated rings. The van der Waals surface area contributed by atoms with Crippen LogP contribution >= 0.6 is 0 Å². The molecule has 2 heteroatoms. The lowest BCUT2D eigenvalue weighted by Crippen LogP contribution is -2.28. The fraction of sp³-hybridized carbons (Fsp3) is 0.833. The van der Waals surface area contributed by atoms with Gasteiger partial charge in [-0.3, -0.25) is 0 Å². The van der Waals surface area contributed by atoms with Crippen LogP contribution in [0.4, 0.5) is 0 Å². The van der Waals surface area contributed by atoms with Crippen LogP contribution < -0.4 is 5.32 Å². The molecule has 1 aliphatic carbocycles. The molecule has 1 saturated carbocycles. The minimum Gasteiger partial charge on any atom is -0.377 e. The SMILES string of the molecule is C=CCNCC(C)OCC1CCCC1. The van der Waals surface area contributed by atoms with Crippen molar-refractivity contribution in [2.24, 2.45) is 5.92 Å². The lowest BCUT2D eigenvalue weighted by molar-refractivity contribution is 0.0423. The summed E-state index contributed by atoms with van der Waals surface area (Å²) in [5.41, 5.74) is 0. The number of nitrogens with one attached hydrogen (secondary N) is 1. The first-order chi connectivity index (χ1) is 6.83. The second-order valence-corrected chi connectivity index (χ2v) is 4.24. The van der Waals surface area contributed by atoms with E-state index in [1.54, 1.807) is 0 Å². The third kappa shape index (κ3) is 4.77. The van der Waals surface area contributed by atoms with Crippen molar-refractivity contribution in [1.82, 2.24) is 5.32 Å². The molecule has 1 unspecified atom stereocenters. The third-order valence-electron chi connectivity index (χ3n) is 2.81. The van der Waals surface area contributed by atoms with Crippen LogP contribution in [0.2, 0.25) is 0 Å². The molecule has 1 aliphatic rings. The molecule has 0 aliphatic heterocycles. The largest absolute Gasteiger partial charge is 0.377 e. The zero-order valence-corrected chi connectivity index (χ0v) is 9.30. The van der Waals surface area contributed by atoms with E-state index in [0.29, 0.717) is 6.10 Å². The van der Waals surface area contributed by atoms with Gasteiger partial charge in [0.05, 0.1) is 6.10 Å². The highest BCUT2D eigenvalue weighted by Gasteiger charge is 2.15.